The van der Waals surface area contributed by atoms with E-state index in [9.17, 15) is 5.11 Å². The Hall–Kier alpha value is -1.61. The Morgan fingerprint density at radius 2 is 2.00 bits per heavy atom. The Labute approximate surface area is 120 Å². The fraction of sp³-hybridized carbons (Fsp3) is 0.471. The van der Waals surface area contributed by atoms with E-state index in [1.165, 1.54) is 16.6 Å². The molecule has 0 spiro atoms. The number of piperidine rings is 1. The van der Waals surface area contributed by atoms with Crippen LogP contribution in [0.3, 0.4) is 0 Å². The molecular weight excluding hydrogens is 248 g/mol. The van der Waals surface area contributed by atoms with Gasteiger partial charge in [0.1, 0.15) is 0 Å². The van der Waals surface area contributed by atoms with Crippen LogP contribution in [0, 0.1) is 12.8 Å². The van der Waals surface area contributed by atoms with Crippen LogP contribution in [-0.2, 0) is 0 Å². The van der Waals surface area contributed by atoms with Gasteiger partial charge in [0, 0.05) is 30.4 Å². The highest BCUT2D eigenvalue weighted by Crippen LogP contribution is 2.31. The van der Waals surface area contributed by atoms with Crippen molar-refractivity contribution < 1.29 is 5.11 Å². The van der Waals surface area contributed by atoms with Crippen molar-refractivity contribution in [3.63, 3.8) is 0 Å². The molecule has 1 aliphatic rings. The largest absolute Gasteiger partial charge is 0.393 e. The molecule has 106 valence electrons. The second-order valence-corrected chi connectivity index (χ2v) is 5.87. The highest BCUT2D eigenvalue weighted by atomic mass is 16.3. The highest BCUT2D eigenvalue weighted by Gasteiger charge is 2.23. The first-order valence-corrected chi connectivity index (χ1v) is 7.44. The molecule has 3 nitrogen and oxygen atoms in total. The smallest absolute Gasteiger partial charge is 0.0751 e. The third-order valence-corrected chi connectivity index (χ3v) is 4.51. The van der Waals surface area contributed by atoms with Crippen LogP contribution in [0.25, 0.3) is 10.9 Å². The van der Waals surface area contributed by atoms with Crippen LogP contribution in [-0.4, -0.2) is 29.3 Å². The predicted octanol–water partition coefficient (Wildman–Crippen LogP) is 3.14. The second-order valence-electron chi connectivity index (χ2n) is 5.87. The lowest BCUT2D eigenvalue weighted by atomic mass is 9.91. The van der Waals surface area contributed by atoms with E-state index in [0.29, 0.717) is 5.92 Å². The first kappa shape index (κ1) is 13.4. The molecule has 1 fully saturated rings. The zero-order valence-corrected chi connectivity index (χ0v) is 12.2. The third-order valence-electron chi connectivity index (χ3n) is 4.51. The minimum atomic E-state index is -0.187. The number of para-hydroxylation sites is 1. The molecule has 1 aromatic carbocycles. The lowest BCUT2D eigenvalue weighted by Crippen LogP contribution is -2.37. The molecule has 1 atom stereocenters. The molecule has 0 radical (unpaired) electrons. The summed E-state index contributed by atoms with van der Waals surface area (Å²) in [6.45, 7) is 6.05. The zero-order valence-electron chi connectivity index (χ0n) is 12.2. The van der Waals surface area contributed by atoms with Gasteiger partial charge in [-0.2, -0.15) is 0 Å². The topological polar surface area (TPSA) is 36.4 Å². The average molecular weight is 270 g/mol. The summed E-state index contributed by atoms with van der Waals surface area (Å²) in [5.41, 5.74) is 3.61. The number of rotatable bonds is 2. The zero-order chi connectivity index (χ0) is 14.1. The Kier molecular flexibility index (Phi) is 3.62. The van der Waals surface area contributed by atoms with Gasteiger partial charge in [0.15, 0.2) is 0 Å². The summed E-state index contributed by atoms with van der Waals surface area (Å²) in [6.07, 6.45) is 3.85. The Bertz CT molecular complexity index is 601. The van der Waals surface area contributed by atoms with Gasteiger partial charge < -0.3 is 10.0 Å². The van der Waals surface area contributed by atoms with Gasteiger partial charge >= 0.3 is 0 Å². The molecule has 2 heterocycles. The molecular formula is C17H22N2O. The van der Waals surface area contributed by atoms with Crippen LogP contribution >= 0.6 is 0 Å². The van der Waals surface area contributed by atoms with Gasteiger partial charge in [0.2, 0.25) is 0 Å². The lowest BCUT2D eigenvalue weighted by Gasteiger charge is -2.35. The molecule has 2 aromatic rings. The maximum atomic E-state index is 9.71. The van der Waals surface area contributed by atoms with Crippen molar-refractivity contribution in [2.75, 3.05) is 18.0 Å². The summed E-state index contributed by atoms with van der Waals surface area (Å²) in [6, 6.07) is 8.49. The summed E-state index contributed by atoms with van der Waals surface area (Å²) in [5.74, 6) is 0.445. The van der Waals surface area contributed by atoms with E-state index in [1.54, 1.807) is 0 Å². The summed E-state index contributed by atoms with van der Waals surface area (Å²) < 4.78 is 0. The number of aryl methyl sites for hydroxylation is 1. The summed E-state index contributed by atoms with van der Waals surface area (Å²) in [7, 11) is 0. The molecule has 1 unspecified atom stereocenters. The minimum absolute atomic E-state index is 0.187. The maximum absolute atomic E-state index is 9.71. The number of aromatic nitrogens is 1. The van der Waals surface area contributed by atoms with Crippen LogP contribution < -0.4 is 4.90 Å². The van der Waals surface area contributed by atoms with Crippen LogP contribution in [0.4, 0.5) is 5.69 Å². The first-order valence-electron chi connectivity index (χ1n) is 7.44. The number of fused-ring (bicyclic) bond motifs is 1. The summed E-state index contributed by atoms with van der Waals surface area (Å²) in [5, 5.41) is 11.0. The van der Waals surface area contributed by atoms with E-state index >= 15 is 0 Å². The summed E-state index contributed by atoms with van der Waals surface area (Å²) >= 11 is 0. The van der Waals surface area contributed by atoms with Gasteiger partial charge in [0.25, 0.3) is 0 Å². The van der Waals surface area contributed by atoms with Crippen molar-refractivity contribution in [1.29, 1.82) is 0 Å². The predicted molar refractivity (Wildman–Crippen MR) is 83.1 cm³/mol. The van der Waals surface area contributed by atoms with Crippen molar-refractivity contribution >= 4 is 16.6 Å². The lowest BCUT2D eigenvalue weighted by molar-refractivity contribution is 0.110. The average Bonchev–Trinajstić information content (AvgIpc) is 2.47. The number of aliphatic hydroxyl groups is 1. The van der Waals surface area contributed by atoms with Gasteiger partial charge in [-0.1, -0.05) is 18.2 Å². The molecule has 1 N–H and O–H groups in total. The minimum Gasteiger partial charge on any atom is -0.393 e. The second kappa shape index (κ2) is 5.41. The number of benzene rings is 1. The highest BCUT2D eigenvalue weighted by molar-refractivity contribution is 5.93. The van der Waals surface area contributed by atoms with Gasteiger partial charge in [-0.05, 0) is 44.2 Å². The van der Waals surface area contributed by atoms with E-state index in [2.05, 4.69) is 41.1 Å². The van der Waals surface area contributed by atoms with Crippen molar-refractivity contribution in [1.82, 2.24) is 4.98 Å². The monoisotopic (exact) mass is 270 g/mol. The third kappa shape index (κ3) is 2.38. The van der Waals surface area contributed by atoms with E-state index in [0.717, 1.165) is 31.4 Å². The molecule has 0 saturated carbocycles. The normalized spacial score (nSPS) is 18.4. The molecule has 1 saturated heterocycles. The summed E-state index contributed by atoms with van der Waals surface area (Å²) in [4.78, 5) is 6.95. The van der Waals surface area contributed by atoms with Crippen molar-refractivity contribution in [3.05, 3.63) is 36.0 Å². The van der Waals surface area contributed by atoms with Crippen molar-refractivity contribution in [3.8, 4) is 0 Å². The molecule has 3 heteroatoms. The number of nitrogens with zero attached hydrogens (tertiary/aromatic N) is 2. The number of aliphatic hydroxyl groups excluding tert-OH is 1. The van der Waals surface area contributed by atoms with Crippen LogP contribution in [0.15, 0.2) is 30.5 Å². The fourth-order valence-electron chi connectivity index (χ4n) is 3.21. The van der Waals surface area contributed by atoms with Crippen molar-refractivity contribution in [2.45, 2.75) is 32.8 Å². The van der Waals surface area contributed by atoms with Crippen LogP contribution in [0.1, 0.15) is 25.3 Å². The van der Waals surface area contributed by atoms with Gasteiger partial charge in [0.05, 0.1) is 11.6 Å². The molecule has 1 aromatic heterocycles. The fourth-order valence-corrected chi connectivity index (χ4v) is 3.21. The number of pyridine rings is 1. The Morgan fingerprint density at radius 1 is 1.25 bits per heavy atom. The molecule has 0 aliphatic carbocycles. The molecule has 3 rings (SSSR count). The Morgan fingerprint density at radius 3 is 2.70 bits per heavy atom. The van der Waals surface area contributed by atoms with Crippen LogP contribution in [0.2, 0.25) is 0 Å². The van der Waals surface area contributed by atoms with E-state index in [1.807, 2.05) is 13.1 Å². The number of anilines is 1. The Balaban J connectivity index is 1.90. The molecule has 0 bridgehead atoms. The van der Waals surface area contributed by atoms with E-state index in [-0.39, 0.29) is 6.10 Å². The number of hydrogen-bond donors (Lipinski definition) is 1. The number of hydrogen-bond acceptors (Lipinski definition) is 3. The SMILES string of the molecule is Cc1cccc2c(N3CCC(C(C)O)CC3)ccnc12. The van der Waals surface area contributed by atoms with Crippen molar-refractivity contribution in [2.24, 2.45) is 5.92 Å². The molecule has 20 heavy (non-hydrogen) atoms. The first-order chi connectivity index (χ1) is 9.66. The van der Waals surface area contributed by atoms with E-state index in [4.69, 9.17) is 0 Å². The van der Waals surface area contributed by atoms with Gasteiger partial charge in [-0.15, -0.1) is 0 Å². The van der Waals surface area contributed by atoms with Crippen LogP contribution in [0.5, 0.6) is 0 Å². The van der Waals surface area contributed by atoms with Gasteiger partial charge in [-0.3, -0.25) is 4.98 Å². The standard InChI is InChI=1S/C17H22N2O/c1-12-4-3-5-15-16(6-9-18-17(12)15)19-10-7-14(8-11-19)13(2)20/h3-6,9,13-14,20H,7-8,10-11H2,1-2H3. The quantitative estimate of drug-likeness (QED) is 0.910. The van der Waals surface area contributed by atoms with Gasteiger partial charge in [-0.25, -0.2) is 0 Å². The maximum Gasteiger partial charge on any atom is 0.0751 e. The van der Waals surface area contributed by atoms with E-state index < -0.39 is 0 Å². The molecule has 1 aliphatic heterocycles. The molecule has 0 amide bonds.